The molecule has 12 nitrogen and oxygen atoms in total. The number of thioether (sulfide) groups is 2. The summed E-state index contributed by atoms with van der Waals surface area (Å²) in [6.07, 6.45) is 3.48. The van der Waals surface area contributed by atoms with Crippen molar-refractivity contribution in [3.63, 3.8) is 0 Å². The Morgan fingerprint density at radius 1 is 0.781 bits per heavy atom. The van der Waals surface area contributed by atoms with Gasteiger partial charge in [-0.25, -0.2) is 4.79 Å². The molecule has 14 heteroatoms. The van der Waals surface area contributed by atoms with Gasteiger partial charge in [0.25, 0.3) is 0 Å². The molecule has 0 saturated heterocycles. The van der Waals surface area contributed by atoms with E-state index >= 15 is 0 Å². The van der Waals surface area contributed by atoms with Crippen LogP contribution in [-0.4, -0.2) is 99.8 Å². The Morgan fingerprint density at radius 3 is 1.72 bits per heavy atom. The number of aliphatic hydroxyl groups excluding tert-OH is 1. The van der Waals surface area contributed by atoms with Crippen molar-refractivity contribution in [3.8, 4) is 0 Å². The van der Waals surface area contributed by atoms with Gasteiger partial charge in [-0.3, -0.25) is 19.2 Å². The lowest BCUT2D eigenvalue weighted by molar-refractivity contribution is -0.143. The Labute approximate surface area is 194 Å². The summed E-state index contributed by atoms with van der Waals surface area (Å²) >= 11 is 2.88. The number of amides is 3. The zero-order chi connectivity index (χ0) is 24.7. The molecule has 0 aliphatic rings. The largest absolute Gasteiger partial charge is 0.481 e. The molecule has 3 amide bonds. The standard InChI is InChI=1S/C18H32N4O8S2/c1-31-7-5-10(19)15(26)20-11(3-4-14(24)25)16(27)21-12(6-8-32-2)17(28)22-13(9-23)18(29)30/h10-13,23H,3-9,19H2,1-2H3,(H,20,26)(H,21,27)(H,22,28)(H,24,25)(H,29,30). The average molecular weight is 497 g/mol. The van der Waals surface area contributed by atoms with E-state index in [1.165, 1.54) is 23.5 Å². The van der Waals surface area contributed by atoms with Gasteiger partial charge >= 0.3 is 11.9 Å². The first-order chi connectivity index (χ1) is 15.1. The van der Waals surface area contributed by atoms with Crippen molar-refractivity contribution in [2.75, 3.05) is 30.6 Å². The molecule has 0 rings (SSSR count). The van der Waals surface area contributed by atoms with Crippen LogP contribution >= 0.6 is 23.5 Å². The Bertz CT molecular complexity index is 652. The Balaban J connectivity index is 5.38. The fourth-order valence-corrected chi connectivity index (χ4v) is 3.39. The fourth-order valence-electron chi connectivity index (χ4n) is 2.43. The predicted molar refractivity (Wildman–Crippen MR) is 121 cm³/mol. The third-order valence-electron chi connectivity index (χ3n) is 4.29. The van der Waals surface area contributed by atoms with Crippen LogP contribution < -0.4 is 21.7 Å². The van der Waals surface area contributed by atoms with Crippen LogP contribution in [0.3, 0.4) is 0 Å². The molecule has 0 aromatic rings. The summed E-state index contributed by atoms with van der Waals surface area (Å²) in [5.74, 6) is -3.80. The maximum Gasteiger partial charge on any atom is 0.328 e. The molecular weight excluding hydrogens is 464 g/mol. The SMILES string of the molecule is CSCCC(N)C(=O)NC(CCC(=O)O)C(=O)NC(CCSC)C(=O)NC(CO)C(=O)O. The minimum Gasteiger partial charge on any atom is -0.481 e. The second kappa shape index (κ2) is 16.6. The molecule has 184 valence electrons. The Kier molecular flexibility index (Phi) is 15.5. The summed E-state index contributed by atoms with van der Waals surface area (Å²) in [4.78, 5) is 59.6. The van der Waals surface area contributed by atoms with Crippen LogP contribution in [0.5, 0.6) is 0 Å². The highest BCUT2D eigenvalue weighted by Gasteiger charge is 2.30. The number of aliphatic carboxylic acids is 2. The predicted octanol–water partition coefficient (Wildman–Crippen LogP) is -1.78. The molecule has 0 aromatic carbocycles. The topological polar surface area (TPSA) is 208 Å². The van der Waals surface area contributed by atoms with Crippen molar-refractivity contribution < 1.29 is 39.3 Å². The number of carboxylic acids is 2. The summed E-state index contributed by atoms with van der Waals surface area (Å²) in [6.45, 7) is -0.838. The number of carbonyl (C=O) groups excluding carboxylic acids is 3. The normalized spacial score (nSPS) is 14.5. The van der Waals surface area contributed by atoms with Gasteiger partial charge in [0.1, 0.15) is 18.1 Å². The maximum absolute atomic E-state index is 12.8. The van der Waals surface area contributed by atoms with Crippen LogP contribution in [0.1, 0.15) is 25.7 Å². The van der Waals surface area contributed by atoms with Gasteiger partial charge in [-0.1, -0.05) is 0 Å². The third-order valence-corrected chi connectivity index (χ3v) is 5.58. The summed E-state index contributed by atoms with van der Waals surface area (Å²) in [7, 11) is 0. The monoisotopic (exact) mass is 496 g/mol. The lowest BCUT2D eigenvalue weighted by Gasteiger charge is -2.24. The smallest absolute Gasteiger partial charge is 0.328 e. The lowest BCUT2D eigenvalue weighted by atomic mass is 10.1. The number of carbonyl (C=O) groups is 5. The second-order valence-electron chi connectivity index (χ2n) is 6.81. The van der Waals surface area contributed by atoms with Crippen LogP contribution in [0, 0.1) is 0 Å². The molecule has 0 heterocycles. The van der Waals surface area contributed by atoms with E-state index in [0.29, 0.717) is 17.9 Å². The van der Waals surface area contributed by atoms with Gasteiger partial charge in [0.2, 0.25) is 17.7 Å². The molecule has 32 heavy (non-hydrogen) atoms. The van der Waals surface area contributed by atoms with Crippen molar-refractivity contribution in [1.29, 1.82) is 0 Å². The van der Waals surface area contributed by atoms with Crippen molar-refractivity contribution in [2.24, 2.45) is 5.73 Å². The van der Waals surface area contributed by atoms with Crippen molar-refractivity contribution >= 4 is 53.2 Å². The number of nitrogens with two attached hydrogens (primary N) is 1. The molecule has 0 aromatic heterocycles. The maximum atomic E-state index is 12.8. The van der Waals surface area contributed by atoms with Crippen molar-refractivity contribution in [1.82, 2.24) is 16.0 Å². The van der Waals surface area contributed by atoms with E-state index in [2.05, 4.69) is 16.0 Å². The molecule has 0 aliphatic heterocycles. The van der Waals surface area contributed by atoms with Gasteiger partial charge in [-0.2, -0.15) is 23.5 Å². The number of rotatable bonds is 17. The molecule has 0 spiro atoms. The van der Waals surface area contributed by atoms with Gasteiger partial charge in [-0.15, -0.1) is 0 Å². The first-order valence-corrected chi connectivity index (χ1v) is 12.6. The third kappa shape index (κ3) is 12.1. The molecule has 0 fully saturated rings. The average Bonchev–Trinajstić information content (AvgIpc) is 2.74. The summed E-state index contributed by atoms with van der Waals surface area (Å²) in [5, 5.41) is 34.1. The minimum absolute atomic E-state index is 0.142. The molecular formula is C18H32N4O8S2. The number of nitrogens with one attached hydrogen (secondary N) is 3. The van der Waals surface area contributed by atoms with Crippen molar-refractivity contribution in [3.05, 3.63) is 0 Å². The van der Waals surface area contributed by atoms with Crippen LogP contribution in [0.25, 0.3) is 0 Å². The number of carboxylic acid groups (broad SMARTS) is 2. The van der Waals surface area contributed by atoms with Crippen LogP contribution in [-0.2, 0) is 24.0 Å². The summed E-state index contributed by atoms with van der Waals surface area (Å²) in [5.41, 5.74) is 5.80. The van der Waals surface area contributed by atoms with E-state index in [-0.39, 0.29) is 12.8 Å². The Morgan fingerprint density at radius 2 is 1.25 bits per heavy atom. The van der Waals surface area contributed by atoms with E-state index in [1.807, 2.05) is 6.26 Å². The molecule has 0 radical (unpaired) electrons. The minimum atomic E-state index is -1.55. The van der Waals surface area contributed by atoms with Crippen molar-refractivity contribution in [2.45, 2.75) is 49.9 Å². The quantitative estimate of drug-likeness (QED) is 0.120. The number of hydrogen-bond acceptors (Lipinski definition) is 9. The zero-order valence-electron chi connectivity index (χ0n) is 18.0. The van der Waals surface area contributed by atoms with E-state index in [9.17, 15) is 24.0 Å². The second-order valence-corrected chi connectivity index (χ2v) is 8.78. The highest BCUT2D eigenvalue weighted by Crippen LogP contribution is 2.06. The van der Waals surface area contributed by atoms with E-state index in [0.717, 1.165) is 0 Å². The zero-order valence-corrected chi connectivity index (χ0v) is 19.7. The van der Waals surface area contributed by atoms with Gasteiger partial charge in [0.15, 0.2) is 0 Å². The Hall–Kier alpha value is -2.03. The van der Waals surface area contributed by atoms with E-state index in [1.54, 1.807) is 6.26 Å². The first kappa shape index (κ1) is 30.0. The molecule has 0 saturated carbocycles. The van der Waals surface area contributed by atoms with Gasteiger partial charge in [0, 0.05) is 6.42 Å². The summed E-state index contributed by atoms with van der Waals surface area (Å²) in [6, 6.07) is -4.85. The van der Waals surface area contributed by atoms with Gasteiger partial charge in [-0.05, 0) is 43.3 Å². The highest BCUT2D eigenvalue weighted by molar-refractivity contribution is 7.98. The highest BCUT2D eigenvalue weighted by atomic mass is 32.2. The lowest BCUT2D eigenvalue weighted by Crippen LogP contribution is -2.57. The number of hydrogen-bond donors (Lipinski definition) is 7. The number of aliphatic hydroxyl groups is 1. The van der Waals surface area contributed by atoms with Crippen LogP contribution in [0.2, 0.25) is 0 Å². The fraction of sp³-hybridized carbons (Fsp3) is 0.722. The van der Waals surface area contributed by atoms with Crippen LogP contribution in [0.4, 0.5) is 0 Å². The molecule has 4 atom stereocenters. The van der Waals surface area contributed by atoms with E-state index < -0.39 is 66.9 Å². The van der Waals surface area contributed by atoms with Crippen LogP contribution in [0.15, 0.2) is 0 Å². The first-order valence-electron chi connectivity index (χ1n) is 9.77. The molecule has 4 unspecified atom stereocenters. The van der Waals surface area contributed by atoms with Gasteiger partial charge < -0.3 is 37.0 Å². The van der Waals surface area contributed by atoms with Gasteiger partial charge in [0.05, 0.1) is 12.6 Å². The molecule has 0 aliphatic carbocycles. The summed E-state index contributed by atoms with van der Waals surface area (Å²) < 4.78 is 0. The van der Waals surface area contributed by atoms with E-state index in [4.69, 9.17) is 21.1 Å². The molecule has 0 bridgehead atoms. The molecule has 8 N–H and O–H groups in total.